The second-order valence-corrected chi connectivity index (χ2v) is 5.86. The maximum absolute atomic E-state index is 12.5. The van der Waals surface area contributed by atoms with E-state index in [-0.39, 0.29) is 23.4 Å². The van der Waals surface area contributed by atoms with Crippen molar-refractivity contribution in [1.29, 1.82) is 5.26 Å². The van der Waals surface area contributed by atoms with Crippen LogP contribution < -0.4 is 10.1 Å². The third-order valence-corrected chi connectivity index (χ3v) is 4.21. The lowest BCUT2D eigenvalue weighted by atomic mass is 9.96. The number of rotatable bonds is 6. The molecule has 1 aliphatic rings. The summed E-state index contributed by atoms with van der Waals surface area (Å²) < 4.78 is 10.2. The highest BCUT2D eigenvalue weighted by Crippen LogP contribution is 2.21. The molecule has 1 aliphatic heterocycles. The number of amides is 1. The predicted octanol–water partition coefficient (Wildman–Crippen LogP) is 2.32. The van der Waals surface area contributed by atoms with Crippen LogP contribution >= 0.6 is 0 Å². The monoisotopic (exact) mass is 357 g/mol. The van der Waals surface area contributed by atoms with Gasteiger partial charge >= 0.3 is 5.97 Å². The van der Waals surface area contributed by atoms with Crippen molar-refractivity contribution in [2.24, 2.45) is 5.92 Å². The van der Waals surface area contributed by atoms with E-state index < -0.39 is 0 Å². The molecule has 2 rings (SSSR count). The van der Waals surface area contributed by atoms with Gasteiger partial charge in [-0.25, -0.2) is 0 Å². The Labute approximate surface area is 153 Å². The van der Waals surface area contributed by atoms with E-state index in [4.69, 9.17) is 9.47 Å². The molecule has 0 spiro atoms. The molecule has 7 nitrogen and oxygen atoms in total. The average Bonchev–Trinajstić information content (AvgIpc) is 2.68. The summed E-state index contributed by atoms with van der Waals surface area (Å²) in [5, 5.41) is 12.3. The fraction of sp³-hybridized carbons (Fsp3) is 0.421. The first-order valence-corrected chi connectivity index (χ1v) is 8.55. The minimum atomic E-state index is -0.342. The van der Waals surface area contributed by atoms with E-state index in [0.29, 0.717) is 44.0 Å². The van der Waals surface area contributed by atoms with Gasteiger partial charge in [-0.15, -0.1) is 0 Å². The van der Waals surface area contributed by atoms with Crippen molar-refractivity contribution in [2.75, 3.05) is 32.1 Å². The molecule has 1 fully saturated rings. The van der Waals surface area contributed by atoms with Crippen LogP contribution in [0, 0.1) is 17.2 Å². The van der Waals surface area contributed by atoms with E-state index >= 15 is 0 Å². The van der Waals surface area contributed by atoms with Crippen molar-refractivity contribution >= 4 is 17.6 Å². The van der Waals surface area contributed by atoms with Gasteiger partial charge in [0.2, 0.25) is 0 Å². The maximum atomic E-state index is 12.5. The molecule has 7 heteroatoms. The molecule has 1 aromatic rings. The predicted molar refractivity (Wildman–Crippen MR) is 96.2 cm³/mol. The highest BCUT2D eigenvalue weighted by molar-refractivity contribution is 5.97. The Morgan fingerprint density at radius 1 is 1.38 bits per heavy atom. The third-order valence-electron chi connectivity index (χ3n) is 4.21. The number of nitrogens with one attached hydrogen (secondary N) is 1. The number of esters is 1. The fourth-order valence-corrected chi connectivity index (χ4v) is 2.76. The number of benzene rings is 1. The number of nitriles is 1. The van der Waals surface area contributed by atoms with E-state index in [1.165, 1.54) is 6.20 Å². The van der Waals surface area contributed by atoms with Crippen LogP contribution in [-0.4, -0.2) is 43.6 Å². The number of nitrogens with zero attached hydrogens (tertiary/aromatic N) is 2. The molecule has 1 heterocycles. The van der Waals surface area contributed by atoms with Crippen molar-refractivity contribution in [1.82, 2.24) is 4.90 Å². The first-order chi connectivity index (χ1) is 12.6. The lowest BCUT2D eigenvalue weighted by Crippen LogP contribution is -2.41. The van der Waals surface area contributed by atoms with Crippen LogP contribution in [0.25, 0.3) is 0 Å². The summed E-state index contributed by atoms with van der Waals surface area (Å²) >= 11 is 0. The first-order valence-electron chi connectivity index (χ1n) is 8.55. The van der Waals surface area contributed by atoms with Gasteiger partial charge in [0.1, 0.15) is 17.4 Å². The van der Waals surface area contributed by atoms with Crippen LogP contribution in [0.2, 0.25) is 0 Å². The second-order valence-electron chi connectivity index (χ2n) is 5.86. The van der Waals surface area contributed by atoms with Gasteiger partial charge < -0.3 is 19.7 Å². The molecule has 1 amide bonds. The van der Waals surface area contributed by atoms with Gasteiger partial charge in [-0.3, -0.25) is 9.59 Å². The molecular formula is C19H23N3O4. The topological polar surface area (TPSA) is 91.7 Å². The SMILES string of the molecule is CCOC(=O)C1CCN(C(=O)/C(C#N)=C\Nc2cccc(OC)c2)CC1. The Morgan fingerprint density at radius 2 is 2.12 bits per heavy atom. The summed E-state index contributed by atoms with van der Waals surface area (Å²) in [4.78, 5) is 25.9. The van der Waals surface area contributed by atoms with Crippen molar-refractivity contribution < 1.29 is 19.1 Å². The average molecular weight is 357 g/mol. The first kappa shape index (κ1) is 19.3. The number of hydrogen-bond donors (Lipinski definition) is 1. The van der Waals surface area contributed by atoms with Gasteiger partial charge in [0.05, 0.1) is 19.6 Å². The Morgan fingerprint density at radius 3 is 2.73 bits per heavy atom. The van der Waals surface area contributed by atoms with Gasteiger partial charge in [0.15, 0.2) is 0 Å². The van der Waals surface area contributed by atoms with Gasteiger partial charge in [-0.1, -0.05) is 6.07 Å². The smallest absolute Gasteiger partial charge is 0.309 e. The zero-order chi connectivity index (χ0) is 18.9. The van der Waals surface area contributed by atoms with E-state index in [1.807, 2.05) is 18.2 Å². The largest absolute Gasteiger partial charge is 0.497 e. The highest BCUT2D eigenvalue weighted by atomic mass is 16.5. The van der Waals surface area contributed by atoms with Gasteiger partial charge in [-0.2, -0.15) is 5.26 Å². The fourth-order valence-electron chi connectivity index (χ4n) is 2.76. The van der Waals surface area contributed by atoms with Crippen LogP contribution in [0.4, 0.5) is 5.69 Å². The lowest BCUT2D eigenvalue weighted by Gasteiger charge is -2.30. The molecule has 0 unspecified atom stereocenters. The quantitative estimate of drug-likeness (QED) is 0.477. The molecule has 0 bridgehead atoms. The Bertz CT molecular complexity index is 716. The standard InChI is InChI=1S/C19H23N3O4/c1-3-26-19(24)14-7-9-22(10-8-14)18(23)15(12-20)13-21-16-5-4-6-17(11-16)25-2/h4-6,11,13-14,21H,3,7-10H2,1-2H3/b15-13-. The van der Waals surface area contributed by atoms with E-state index in [1.54, 1.807) is 31.1 Å². The summed E-state index contributed by atoms with van der Waals surface area (Å²) in [6.45, 7) is 2.99. The zero-order valence-electron chi connectivity index (χ0n) is 15.0. The van der Waals surface area contributed by atoms with Crippen molar-refractivity contribution in [3.63, 3.8) is 0 Å². The summed E-state index contributed by atoms with van der Waals surface area (Å²) in [6, 6.07) is 9.12. The van der Waals surface area contributed by atoms with E-state index in [0.717, 1.165) is 0 Å². The Hall–Kier alpha value is -3.01. The number of ether oxygens (including phenoxy) is 2. The number of hydrogen-bond acceptors (Lipinski definition) is 6. The van der Waals surface area contributed by atoms with Crippen LogP contribution in [-0.2, 0) is 14.3 Å². The number of carbonyl (C=O) groups excluding carboxylic acids is 2. The van der Waals surface area contributed by atoms with Gasteiger partial charge in [0.25, 0.3) is 5.91 Å². The van der Waals surface area contributed by atoms with E-state index in [9.17, 15) is 14.9 Å². The minimum absolute atomic E-state index is 0.0161. The van der Waals surface area contributed by atoms with Crippen LogP contribution in [0.1, 0.15) is 19.8 Å². The molecule has 1 aromatic carbocycles. The number of carbonyl (C=O) groups is 2. The molecule has 26 heavy (non-hydrogen) atoms. The molecule has 0 aromatic heterocycles. The molecule has 1 N–H and O–H groups in total. The molecule has 0 radical (unpaired) electrons. The lowest BCUT2D eigenvalue weighted by molar-refractivity contribution is -0.150. The molecule has 0 aliphatic carbocycles. The molecule has 1 saturated heterocycles. The summed E-state index contributed by atoms with van der Waals surface area (Å²) in [7, 11) is 1.57. The number of methoxy groups -OCH3 is 1. The van der Waals surface area contributed by atoms with Crippen molar-refractivity contribution in [3.05, 3.63) is 36.0 Å². The molecular weight excluding hydrogens is 334 g/mol. The zero-order valence-corrected chi connectivity index (χ0v) is 15.0. The van der Waals surface area contributed by atoms with E-state index in [2.05, 4.69) is 5.32 Å². The number of anilines is 1. The minimum Gasteiger partial charge on any atom is -0.497 e. The summed E-state index contributed by atoms with van der Waals surface area (Å²) in [6.07, 6.45) is 2.49. The highest BCUT2D eigenvalue weighted by Gasteiger charge is 2.29. The Kier molecular flexibility index (Phi) is 7.03. The maximum Gasteiger partial charge on any atom is 0.309 e. The van der Waals surface area contributed by atoms with Crippen molar-refractivity contribution in [2.45, 2.75) is 19.8 Å². The molecule has 138 valence electrons. The summed E-state index contributed by atoms with van der Waals surface area (Å²) in [5.41, 5.74) is 0.730. The van der Waals surface area contributed by atoms with Crippen LogP contribution in [0.5, 0.6) is 5.75 Å². The molecule has 0 saturated carbocycles. The number of likely N-dealkylation sites (tertiary alicyclic amines) is 1. The van der Waals surface area contributed by atoms with Crippen LogP contribution in [0.15, 0.2) is 36.0 Å². The normalized spacial score (nSPS) is 15.1. The van der Waals surface area contributed by atoms with Crippen molar-refractivity contribution in [3.8, 4) is 11.8 Å². The Balaban J connectivity index is 1.96. The van der Waals surface area contributed by atoms with Crippen LogP contribution in [0.3, 0.4) is 0 Å². The van der Waals surface area contributed by atoms with Gasteiger partial charge in [-0.05, 0) is 31.9 Å². The number of piperidine rings is 1. The summed E-state index contributed by atoms with van der Waals surface area (Å²) in [5.74, 6) is -0.0572. The third kappa shape index (κ3) is 4.99. The van der Waals surface area contributed by atoms with Gasteiger partial charge in [0, 0.05) is 31.0 Å². The molecule has 0 atom stereocenters. The second kappa shape index (κ2) is 9.47.